The van der Waals surface area contributed by atoms with E-state index < -0.39 is 0 Å². The smallest absolute Gasteiger partial charge is 0.161 e. The van der Waals surface area contributed by atoms with Crippen molar-refractivity contribution >= 4 is 17.4 Å². The molecule has 2 saturated heterocycles. The molecule has 1 aromatic heterocycles. The van der Waals surface area contributed by atoms with Gasteiger partial charge in [-0.2, -0.15) is 0 Å². The summed E-state index contributed by atoms with van der Waals surface area (Å²) < 4.78 is 5.67. The molecule has 20 heavy (non-hydrogen) atoms. The lowest BCUT2D eigenvalue weighted by Gasteiger charge is -2.22. The molecular weight excluding hydrogens is 276 g/mol. The first kappa shape index (κ1) is 12.8. The van der Waals surface area contributed by atoms with E-state index in [4.69, 9.17) is 16.3 Å². The molecule has 3 aliphatic rings. The van der Waals surface area contributed by atoms with Crippen molar-refractivity contribution in [2.45, 2.75) is 25.0 Å². The van der Waals surface area contributed by atoms with Gasteiger partial charge in [0.25, 0.3) is 0 Å². The fourth-order valence-electron chi connectivity index (χ4n) is 3.64. The Morgan fingerprint density at radius 3 is 2.85 bits per heavy atom. The lowest BCUT2D eigenvalue weighted by molar-refractivity contribution is 0.105. The standard InChI is InChI=1S/C14H19ClN4O/c1-19(13-8-6-16-7-9(8)13)12-5-11(15)17-14(18-12)10-3-2-4-20-10/h5,8-10,13,16H,2-4,6-7H2,1H3/t8-,9+,10?,13?. The largest absolute Gasteiger partial charge is 0.370 e. The molecule has 6 heteroatoms. The molecule has 4 rings (SSSR count). The van der Waals surface area contributed by atoms with Gasteiger partial charge in [0.2, 0.25) is 0 Å². The van der Waals surface area contributed by atoms with Crippen LogP contribution in [0.2, 0.25) is 5.15 Å². The zero-order valence-corrected chi connectivity index (χ0v) is 12.3. The fourth-order valence-corrected chi connectivity index (χ4v) is 3.83. The van der Waals surface area contributed by atoms with Gasteiger partial charge in [-0.15, -0.1) is 0 Å². The minimum absolute atomic E-state index is 0.0150. The summed E-state index contributed by atoms with van der Waals surface area (Å²) in [5.41, 5.74) is 0. The molecule has 5 nitrogen and oxygen atoms in total. The Kier molecular flexibility index (Phi) is 3.09. The van der Waals surface area contributed by atoms with E-state index in [9.17, 15) is 0 Å². The van der Waals surface area contributed by atoms with Gasteiger partial charge in [-0.25, -0.2) is 9.97 Å². The second kappa shape index (κ2) is 4.83. The van der Waals surface area contributed by atoms with Crippen molar-refractivity contribution < 1.29 is 4.74 Å². The van der Waals surface area contributed by atoms with Gasteiger partial charge in [-0.1, -0.05) is 11.6 Å². The Morgan fingerprint density at radius 1 is 1.35 bits per heavy atom. The monoisotopic (exact) mass is 294 g/mol. The number of aromatic nitrogens is 2. The summed E-state index contributed by atoms with van der Waals surface area (Å²) in [6, 6.07) is 2.46. The van der Waals surface area contributed by atoms with Crippen LogP contribution in [-0.4, -0.2) is 42.8 Å². The van der Waals surface area contributed by atoms with Crippen molar-refractivity contribution in [3.8, 4) is 0 Å². The molecule has 3 heterocycles. The topological polar surface area (TPSA) is 50.3 Å². The first-order valence-electron chi connectivity index (χ1n) is 7.33. The third-order valence-electron chi connectivity index (χ3n) is 4.77. The summed E-state index contributed by atoms with van der Waals surface area (Å²) in [4.78, 5) is 11.3. The van der Waals surface area contributed by atoms with E-state index in [1.165, 1.54) is 0 Å². The van der Waals surface area contributed by atoms with Crippen LogP contribution in [-0.2, 0) is 4.74 Å². The van der Waals surface area contributed by atoms with Gasteiger partial charge in [0.1, 0.15) is 17.1 Å². The number of rotatable bonds is 3. The quantitative estimate of drug-likeness (QED) is 0.859. The molecule has 1 saturated carbocycles. The fraction of sp³-hybridized carbons (Fsp3) is 0.714. The highest BCUT2D eigenvalue weighted by molar-refractivity contribution is 6.29. The molecule has 108 valence electrons. The zero-order chi connectivity index (χ0) is 13.7. The number of ether oxygens (including phenoxy) is 1. The highest BCUT2D eigenvalue weighted by Crippen LogP contribution is 2.46. The van der Waals surface area contributed by atoms with E-state index in [-0.39, 0.29) is 6.10 Å². The predicted molar refractivity (Wildman–Crippen MR) is 77.0 cm³/mol. The Hall–Kier alpha value is -0.910. The van der Waals surface area contributed by atoms with Crippen molar-refractivity contribution in [2.24, 2.45) is 11.8 Å². The van der Waals surface area contributed by atoms with Crippen molar-refractivity contribution in [1.82, 2.24) is 15.3 Å². The Bertz CT molecular complexity index is 510. The molecule has 0 bridgehead atoms. The predicted octanol–water partition coefficient (Wildman–Crippen LogP) is 1.64. The van der Waals surface area contributed by atoms with Crippen molar-refractivity contribution in [1.29, 1.82) is 0 Å². The van der Waals surface area contributed by atoms with Gasteiger partial charge < -0.3 is 15.0 Å². The molecule has 0 aromatic carbocycles. The van der Waals surface area contributed by atoms with E-state index >= 15 is 0 Å². The van der Waals surface area contributed by atoms with E-state index in [0.29, 0.717) is 11.2 Å². The number of piperidine rings is 1. The number of nitrogens with one attached hydrogen (secondary N) is 1. The average Bonchev–Trinajstić information content (AvgIpc) is 2.91. The van der Waals surface area contributed by atoms with Gasteiger partial charge in [0, 0.05) is 38.9 Å². The molecule has 1 N–H and O–H groups in total. The third-order valence-corrected chi connectivity index (χ3v) is 4.97. The van der Waals surface area contributed by atoms with E-state index in [0.717, 1.165) is 56.0 Å². The van der Waals surface area contributed by atoms with Crippen LogP contribution in [0.4, 0.5) is 5.82 Å². The van der Waals surface area contributed by atoms with Crippen LogP contribution in [0.5, 0.6) is 0 Å². The van der Waals surface area contributed by atoms with Crippen molar-refractivity contribution in [2.75, 3.05) is 31.6 Å². The Labute approximate surface area is 123 Å². The maximum Gasteiger partial charge on any atom is 0.161 e. The van der Waals surface area contributed by atoms with E-state index in [1.54, 1.807) is 0 Å². The van der Waals surface area contributed by atoms with E-state index in [2.05, 4.69) is 27.2 Å². The molecule has 2 aliphatic heterocycles. The van der Waals surface area contributed by atoms with Gasteiger partial charge in [0.05, 0.1) is 0 Å². The number of halogens is 1. The summed E-state index contributed by atoms with van der Waals surface area (Å²) in [5, 5.41) is 3.93. The summed E-state index contributed by atoms with van der Waals surface area (Å²) in [5.74, 6) is 3.19. The Balaban J connectivity index is 1.58. The SMILES string of the molecule is CN(c1cc(Cl)nc(C2CCCO2)n1)C1[C@H]2CNC[C@@H]12. The van der Waals surface area contributed by atoms with Gasteiger partial charge in [-0.3, -0.25) is 0 Å². The lowest BCUT2D eigenvalue weighted by atomic mass is 10.2. The number of hydrogen-bond donors (Lipinski definition) is 1. The van der Waals surface area contributed by atoms with Crippen LogP contribution < -0.4 is 10.2 Å². The van der Waals surface area contributed by atoms with Crippen molar-refractivity contribution in [3.63, 3.8) is 0 Å². The molecule has 4 atom stereocenters. The molecule has 0 radical (unpaired) electrons. The van der Waals surface area contributed by atoms with E-state index in [1.807, 2.05) is 6.07 Å². The normalized spacial score (nSPS) is 35.1. The second-order valence-electron chi connectivity index (χ2n) is 6.00. The van der Waals surface area contributed by atoms with Gasteiger partial charge in [0.15, 0.2) is 5.82 Å². The summed E-state index contributed by atoms with van der Waals surface area (Å²) in [6.45, 7) is 3.04. The summed E-state index contributed by atoms with van der Waals surface area (Å²) in [6.07, 6.45) is 2.08. The highest BCUT2D eigenvalue weighted by Gasteiger charge is 2.55. The van der Waals surface area contributed by atoms with Crippen LogP contribution in [0.1, 0.15) is 24.8 Å². The second-order valence-corrected chi connectivity index (χ2v) is 6.38. The minimum Gasteiger partial charge on any atom is -0.370 e. The van der Waals surface area contributed by atoms with Crippen LogP contribution in [0.3, 0.4) is 0 Å². The minimum atomic E-state index is 0.0150. The van der Waals surface area contributed by atoms with Crippen LogP contribution >= 0.6 is 11.6 Å². The number of anilines is 1. The maximum absolute atomic E-state index is 6.17. The van der Waals surface area contributed by atoms with Crippen molar-refractivity contribution in [3.05, 3.63) is 17.0 Å². The van der Waals surface area contributed by atoms with Crippen LogP contribution in [0.25, 0.3) is 0 Å². The molecule has 1 aliphatic carbocycles. The molecular formula is C14H19ClN4O. The lowest BCUT2D eigenvalue weighted by Crippen LogP contribution is -2.30. The van der Waals surface area contributed by atoms with Crippen LogP contribution in [0, 0.1) is 11.8 Å². The Morgan fingerprint density at radius 2 is 2.15 bits per heavy atom. The van der Waals surface area contributed by atoms with Gasteiger partial charge >= 0.3 is 0 Å². The first-order chi connectivity index (χ1) is 9.74. The molecule has 3 fully saturated rings. The average molecular weight is 295 g/mol. The zero-order valence-electron chi connectivity index (χ0n) is 11.6. The summed E-state index contributed by atoms with van der Waals surface area (Å²) >= 11 is 6.17. The molecule has 1 aromatic rings. The highest BCUT2D eigenvalue weighted by atomic mass is 35.5. The molecule has 0 amide bonds. The molecule has 2 unspecified atom stereocenters. The summed E-state index contributed by atoms with van der Waals surface area (Å²) in [7, 11) is 2.11. The maximum atomic E-state index is 6.17. The van der Waals surface area contributed by atoms with Gasteiger partial charge in [-0.05, 0) is 24.7 Å². The number of fused-ring (bicyclic) bond motifs is 1. The number of nitrogens with zero attached hydrogens (tertiary/aromatic N) is 3. The number of hydrogen-bond acceptors (Lipinski definition) is 5. The van der Waals surface area contributed by atoms with Crippen LogP contribution in [0.15, 0.2) is 6.07 Å². The molecule has 0 spiro atoms. The third kappa shape index (κ3) is 2.08. The first-order valence-corrected chi connectivity index (χ1v) is 7.71.